The highest BCUT2D eigenvalue weighted by atomic mass is 16.7. The average Bonchev–Trinajstić information content (AvgIpc) is 3.34. The Hall–Kier alpha value is -4.53. The first-order valence-corrected chi connectivity index (χ1v) is 11.0. The van der Waals surface area contributed by atoms with Crippen molar-refractivity contribution in [3.8, 4) is 28.7 Å². The predicted molar refractivity (Wildman–Crippen MR) is 128 cm³/mol. The lowest BCUT2D eigenvalue weighted by atomic mass is 10.2. The van der Waals surface area contributed by atoms with Gasteiger partial charge in [0.15, 0.2) is 23.0 Å². The molecule has 0 saturated heterocycles. The van der Waals surface area contributed by atoms with Gasteiger partial charge in [0.25, 0.3) is 5.91 Å². The molecule has 0 aromatic heterocycles. The van der Waals surface area contributed by atoms with Crippen LogP contribution in [0.1, 0.15) is 40.1 Å². The molecule has 3 aromatic rings. The third-order valence-electron chi connectivity index (χ3n) is 4.89. The first-order chi connectivity index (χ1) is 17.1. The van der Waals surface area contributed by atoms with Gasteiger partial charge in [-0.15, -0.1) is 0 Å². The van der Waals surface area contributed by atoms with Crippen LogP contribution in [0.3, 0.4) is 0 Å². The molecular formula is C26H24N2O7. The number of rotatable bonds is 9. The third kappa shape index (κ3) is 5.89. The minimum atomic E-state index is -0.522. The van der Waals surface area contributed by atoms with Crippen molar-refractivity contribution in [2.45, 2.75) is 13.8 Å². The predicted octanol–water partition coefficient (Wildman–Crippen LogP) is 4.20. The summed E-state index contributed by atoms with van der Waals surface area (Å²) < 4.78 is 27.1. The quantitative estimate of drug-likeness (QED) is 0.214. The van der Waals surface area contributed by atoms with E-state index < -0.39 is 11.9 Å². The van der Waals surface area contributed by atoms with Gasteiger partial charge in [-0.05, 0) is 80.1 Å². The summed E-state index contributed by atoms with van der Waals surface area (Å²) >= 11 is 0. The molecule has 0 aliphatic carbocycles. The monoisotopic (exact) mass is 476 g/mol. The SMILES string of the molecule is CCOc1ccc(C(=O)Oc2ccc(/C=N/NC(=O)c3ccc4c(c3)OCO4)cc2OCC)cc1. The first kappa shape index (κ1) is 23.6. The van der Waals surface area contributed by atoms with E-state index in [1.54, 1.807) is 60.7 Å². The number of amides is 1. The Bertz CT molecular complexity index is 1240. The molecule has 1 aliphatic heterocycles. The molecule has 0 radical (unpaired) electrons. The van der Waals surface area contributed by atoms with Crippen LogP contribution in [0.15, 0.2) is 65.8 Å². The fourth-order valence-electron chi connectivity index (χ4n) is 3.24. The minimum absolute atomic E-state index is 0.131. The maximum absolute atomic E-state index is 12.6. The van der Waals surface area contributed by atoms with Gasteiger partial charge in [0, 0.05) is 5.56 Å². The zero-order chi connectivity index (χ0) is 24.6. The molecule has 0 saturated carbocycles. The lowest BCUT2D eigenvalue weighted by Gasteiger charge is -2.11. The van der Waals surface area contributed by atoms with E-state index in [9.17, 15) is 9.59 Å². The normalized spacial score (nSPS) is 11.8. The molecule has 9 heteroatoms. The van der Waals surface area contributed by atoms with E-state index in [2.05, 4.69) is 10.5 Å². The number of hydrogen-bond acceptors (Lipinski definition) is 8. The van der Waals surface area contributed by atoms with Crippen LogP contribution in [-0.4, -0.2) is 38.1 Å². The molecule has 1 heterocycles. The summed E-state index contributed by atoms with van der Waals surface area (Å²) in [4.78, 5) is 24.9. The Labute approximate surface area is 202 Å². The van der Waals surface area contributed by atoms with Crippen molar-refractivity contribution < 1.29 is 33.3 Å². The van der Waals surface area contributed by atoms with Gasteiger partial charge < -0.3 is 23.7 Å². The molecule has 1 amide bonds. The van der Waals surface area contributed by atoms with Gasteiger partial charge in [0.1, 0.15) is 5.75 Å². The molecule has 4 rings (SSSR count). The summed E-state index contributed by atoms with van der Waals surface area (Å²) in [5.74, 6) is 1.51. The molecule has 0 bridgehead atoms. The van der Waals surface area contributed by atoms with Gasteiger partial charge in [0.2, 0.25) is 6.79 Å². The topological polar surface area (TPSA) is 105 Å². The van der Waals surface area contributed by atoms with Crippen LogP contribution in [0.5, 0.6) is 28.7 Å². The lowest BCUT2D eigenvalue weighted by molar-refractivity contribution is 0.0728. The molecular weight excluding hydrogens is 452 g/mol. The number of fused-ring (bicyclic) bond motifs is 1. The molecule has 0 fully saturated rings. The molecule has 0 unspecified atom stereocenters. The third-order valence-corrected chi connectivity index (χ3v) is 4.89. The molecule has 9 nitrogen and oxygen atoms in total. The van der Waals surface area contributed by atoms with E-state index in [0.29, 0.717) is 52.9 Å². The molecule has 1 aliphatic rings. The van der Waals surface area contributed by atoms with Gasteiger partial charge in [0.05, 0.1) is 25.0 Å². The molecule has 0 spiro atoms. The summed E-state index contributed by atoms with van der Waals surface area (Å²) in [7, 11) is 0. The van der Waals surface area contributed by atoms with Crippen molar-refractivity contribution in [2.75, 3.05) is 20.0 Å². The van der Waals surface area contributed by atoms with E-state index in [0.717, 1.165) is 0 Å². The van der Waals surface area contributed by atoms with Gasteiger partial charge in [-0.3, -0.25) is 4.79 Å². The second kappa shape index (κ2) is 11.1. The smallest absolute Gasteiger partial charge is 0.343 e. The zero-order valence-electron chi connectivity index (χ0n) is 19.3. The van der Waals surface area contributed by atoms with E-state index >= 15 is 0 Å². The van der Waals surface area contributed by atoms with E-state index in [1.807, 2.05) is 13.8 Å². The average molecular weight is 476 g/mol. The Morgan fingerprint density at radius 3 is 2.40 bits per heavy atom. The molecule has 1 N–H and O–H groups in total. The van der Waals surface area contributed by atoms with E-state index in [1.165, 1.54) is 6.21 Å². The van der Waals surface area contributed by atoms with Gasteiger partial charge in [-0.25, -0.2) is 10.2 Å². The van der Waals surface area contributed by atoms with Crippen molar-refractivity contribution in [1.29, 1.82) is 0 Å². The summed E-state index contributed by atoms with van der Waals surface area (Å²) in [6, 6.07) is 16.5. The Kier molecular flexibility index (Phi) is 7.47. The second-order valence-electron chi connectivity index (χ2n) is 7.25. The number of nitrogens with one attached hydrogen (secondary N) is 1. The number of ether oxygens (including phenoxy) is 5. The van der Waals surface area contributed by atoms with Crippen LogP contribution < -0.4 is 29.1 Å². The van der Waals surface area contributed by atoms with Gasteiger partial charge in [-0.2, -0.15) is 5.10 Å². The van der Waals surface area contributed by atoms with Crippen LogP contribution in [0, 0.1) is 0 Å². The van der Waals surface area contributed by atoms with Crippen LogP contribution in [0.4, 0.5) is 0 Å². The number of carbonyl (C=O) groups is 2. The molecule has 180 valence electrons. The second-order valence-corrected chi connectivity index (χ2v) is 7.25. The fraction of sp³-hybridized carbons (Fsp3) is 0.192. The van der Waals surface area contributed by atoms with Crippen molar-refractivity contribution in [3.05, 3.63) is 77.4 Å². The van der Waals surface area contributed by atoms with Crippen LogP contribution in [0.25, 0.3) is 0 Å². The van der Waals surface area contributed by atoms with Gasteiger partial charge in [-0.1, -0.05) is 0 Å². The number of esters is 1. The summed E-state index contributed by atoms with van der Waals surface area (Å²) in [6.45, 7) is 4.75. The molecule has 35 heavy (non-hydrogen) atoms. The number of nitrogens with zero attached hydrogens (tertiary/aromatic N) is 1. The zero-order valence-corrected chi connectivity index (χ0v) is 19.3. The van der Waals surface area contributed by atoms with Crippen molar-refractivity contribution in [1.82, 2.24) is 5.43 Å². The fourth-order valence-corrected chi connectivity index (χ4v) is 3.24. The summed E-state index contributed by atoms with van der Waals surface area (Å²) in [5, 5.41) is 4.00. The van der Waals surface area contributed by atoms with E-state index in [4.69, 9.17) is 23.7 Å². The minimum Gasteiger partial charge on any atom is -0.494 e. The van der Waals surface area contributed by atoms with Crippen molar-refractivity contribution >= 4 is 18.1 Å². The highest BCUT2D eigenvalue weighted by molar-refractivity contribution is 5.95. The van der Waals surface area contributed by atoms with Crippen LogP contribution in [0.2, 0.25) is 0 Å². The Balaban J connectivity index is 1.41. The maximum Gasteiger partial charge on any atom is 0.343 e. The Morgan fingerprint density at radius 1 is 0.886 bits per heavy atom. The lowest BCUT2D eigenvalue weighted by Crippen LogP contribution is -2.17. The highest BCUT2D eigenvalue weighted by Crippen LogP contribution is 2.32. The summed E-state index contributed by atoms with van der Waals surface area (Å²) in [6.07, 6.45) is 1.46. The van der Waals surface area contributed by atoms with Crippen molar-refractivity contribution in [2.24, 2.45) is 5.10 Å². The van der Waals surface area contributed by atoms with Crippen LogP contribution in [-0.2, 0) is 0 Å². The standard InChI is InChI=1S/C26H24N2O7/c1-3-31-20-9-6-18(7-10-20)26(30)35-22-11-5-17(13-23(22)32-4-2)15-27-28-25(29)19-8-12-21-24(14-19)34-16-33-21/h5-15H,3-4,16H2,1-2H3,(H,28,29)/b27-15+. The van der Waals surface area contributed by atoms with E-state index in [-0.39, 0.29) is 12.5 Å². The molecule has 0 atom stereocenters. The highest BCUT2D eigenvalue weighted by Gasteiger charge is 2.16. The number of hydrogen-bond donors (Lipinski definition) is 1. The number of carbonyl (C=O) groups excluding carboxylic acids is 2. The first-order valence-electron chi connectivity index (χ1n) is 11.0. The summed E-state index contributed by atoms with van der Waals surface area (Å²) in [5.41, 5.74) is 3.88. The largest absolute Gasteiger partial charge is 0.494 e. The molecule has 3 aromatic carbocycles. The Morgan fingerprint density at radius 2 is 1.63 bits per heavy atom. The number of benzene rings is 3. The van der Waals surface area contributed by atoms with Crippen LogP contribution >= 0.6 is 0 Å². The van der Waals surface area contributed by atoms with Gasteiger partial charge >= 0.3 is 5.97 Å². The van der Waals surface area contributed by atoms with Crippen molar-refractivity contribution in [3.63, 3.8) is 0 Å². The maximum atomic E-state index is 12.6. The number of hydrazone groups is 1.